The van der Waals surface area contributed by atoms with Crippen LogP contribution in [0, 0.1) is 0 Å². The largest absolute Gasteiger partial charge is 0.440 e. The maximum absolute atomic E-state index is 11.8. The van der Waals surface area contributed by atoms with Gasteiger partial charge in [-0.3, -0.25) is 4.79 Å². The van der Waals surface area contributed by atoms with E-state index in [0.29, 0.717) is 12.9 Å². The summed E-state index contributed by atoms with van der Waals surface area (Å²) in [7, 11) is -3.76. The Labute approximate surface area is 106 Å². The molecular formula is C11H17NO5S. The third-order valence-corrected chi connectivity index (χ3v) is 3.48. The van der Waals surface area contributed by atoms with E-state index in [0.717, 1.165) is 0 Å². The Kier molecular flexibility index (Phi) is 4.66. The first-order valence-electron chi connectivity index (χ1n) is 5.49. The number of ether oxygens (including phenoxy) is 1. The molecule has 0 fully saturated rings. The van der Waals surface area contributed by atoms with Crippen LogP contribution in [0.15, 0.2) is 21.6 Å². The molecule has 0 unspecified atom stereocenters. The average Bonchev–Trinajstić information content (AvgIpc) is 2.76. The van der Waals surface area contributed by atoms with Crippen LogP contribution >= 0.6 is 0 Å². The molecule has 1 heterocycles. The predicted octanol–water partition coefficient (Wildman–Crippen LogP) is 1.19. The van der Waals surface area contributed by atoms with Crippen molar-refractivity contribution in [1.82, 2.24) is 4.72 Å². The SMILES string of the molecule is CCOC(C)(C)CNS(=O)(=O)c1ccc(C=O)o1. The Morgan fingerprint density at radius 1 is 1.44 bits per heavy atom. The van der Waals surface area contributed by atoms with Crippen LogP contribution in [0.3, 0.4) is 0 Å². The minimum atomic E-state index is -3.76. The Bertz CT molecular complexity index is 503. The number of carbonyl (C=O) groups is 1. The highest BCUT2D eigenvalue weighted by atomic mass is 32.2. The van der Waals surface area contributed by atoms with Crippen molar-refractivity contribution in [3.05, 3.63) is 17.9 Å². The second-order valence-electron chi connectivity index (χ2n) is 4.29. The van der Waals surface area contributed by atoms with Gasteiger partial charge in [0.2, 0.25) is 5.09 Å². The fourth-order valence-electron chi connectivity index (χ4n) is 1.32. The fourth-order valence-corrected chi connectivity index (χ4v) is 2.46. The molecule has 1 rings (SSSR count). The van der Waals surface area contributed by atoms with Crippen molar-refractivity contribution in [2.45, 2.75) is 31.5 Å². The number of sulfonamides is 1. The van der Waals surface area contributed by atoms with Crippen LogP contribution in [0.25, 0.3) is 0 Å². The van der Waals surface area contributed by atoms with Crippen molar-refractivity contribution in [3.8, 4) is 0 Å². The van der Waals surface area contributed by atoms with E-state index in [-0.39, 0.29) is 17.4 Å². The maximum atomic E-state index is 11.8. The van der Waals surface area contributed by atoms with Gasteiger partial charge in [-0.1, -0.05) is 0 Å². The van der Waals surface area contributed by atoms with Gasteiger partial charge in [-0.15, -0.1) is 0 Å². The molecule has 6 nitrogen and oxygen atoms in total. The van der Waals surface area contributed by atoms with E-state index < -0.39 is 15.6 Å². The second kappa shape index (κ2) is 5.64. The van der Waals surface area contributed by atoms with Gasteiger partial charge in [0.1, 0.15) is 0 Å². The Morgan fingerprint density at radius 2 is 2.11 bits per heavy atom. The first-order chi connectivity index (χ1) is 8.30. The minimum absolute atomic E-state index is 0.0283. The molecule has 18 heavy (non-hydrogen) atoms. The summed E-state index contributed by atoms with van der Waals surface area (Å²) < 4.78 is 36.3. The molecule has 0 saturated heterocycles. The van der Waals surface area contributed by atoms with Gasteiger partial charge < -0.3 is 9.15 Å². The molecule has 0 spiro atoms. The predicted molar refractivity (Wildman–Crippen MR) is 65.0 cm³/mol. The van der Waals surface area contributed by atoms with Gasteiger partial charge in [0, 0.05) is 13.2 Å². The van der Waals surface area contributed by atoms with Gasteiger partial charge >= 0.3 is 0 Å². The average molecular weight is 275 g/mol. The maximum Gasteiger partial charge on any atom is 0.274 e. The highest BCUT2D eigenvalue weighted by molar-refractivity contribution is 7.89. The molecule has 0 radical (unpaired) electrons. The van der Waals surface area contributed by atoms with Gasteiger partial charge in [0.05, 0.1) is 5.60 Å². The summed E-state index contributed by atoms with van der Waals surface area (Å²) in [5, 5.41) is -0.281. The van der Waals surface area contributed by atoms with Crippen LogP contribution in [0.4, 0.5) is 0 Å². The van der Waals surface area contributed by atoms with Gasteiger partial charge in [-0.2, -0.15) is 0 Å². The number of nitrogens with one attached hydrogen (secondary N) is 1. The first kappa shape index (κ1) is 14.9. The second-order valence-corrected chi connectivity index (χ2v) is 5.99. The van der Waals surface area contributed by atoms with Crippen molar-refractivity contribution in [3.63, 3.8) is 0 Å². The highest BCUT2D eigenvalue weighted by Gasteiger charge is 2.24. The van der Waals surface area contributed by atoms with Crippen LogP contribution in [-0.4, -0.2) is 33.5 Å². The zero-order valence-corrected chi connectivity index (χ0v) is 11.4. The first-order valence-corrected chi connectivity index (χ1v) is 6.98. The Balaban J connectivity index is 2.74. The van der Waals surface area contributed by atoms with Gasteiger partial charge in [-0.05, 0) is 32.9 Å². The normalized spacial score (nSPS) is 12.6. The lowest BCUT2D eigenvalue weighted by Crippen LogP contribution is -2.40. The lowest BCUT2D eigenvalue weighted by Gasteiger charge is -2.24. The van der Waals surface area contributed by atoms with Crippen LogP contribution in [0.2, 0.25) is 0 Å². The summed E-state index contributed by atoms with van der Waals surface area (Å²) in [6.07, 6.45) is 0.448. The van der Waals surface area contributed by atoms with E-state index >= 15 is 0 Å². The van der Waals surface area contributed by atoms with Gasteiger partial charge in [-0.25, -0.2) is 13.1 Å². The molecule has 0 saturated carbocycles. The summed E-state index contributed by atoms with van der Waals surface area (Å²) >= 11 is 0. The zero-order chi connectivity index (χ0) is 13.8. The topological polar surface area (TPSA) is 85.6 Å². The molecule has 0 aliphatic carbocycles. The summed E-state index contributed by atoms with van der Waals surface area (Å²) in [6, 6.07) is 2.54. The van der Waals surface area contributed by atoms with E-state index in [2.05, 4.69) is 4.72 Å². The molecule has 7 heteroatoms. The summed E-state index contributed by atoms with van der Waals surface area (Å²) in [6.45, 7) is 5.99. The fraction of sp³-hybridized carbons (Fsp3) is 0.545. The molecule has 0 amide bonds. The van der Waals surface area contributed by atoms with Crippen molar-refractivity contribution in [2.75, 3.05) is 13.2 Å². The van der Waals surface area contributed by atoms with Gasteiger partial charge in [0.15, 0.2) is 12.0 Å². The van der Waals surface area contributed by atoms with Crippen LogP contribution < -0.4 is 4.72 Å². The molecule has 102 valence electrons. The number of aldehydes is 1. The Morgan fingerprint density at radius 3 is 2.61 bits per heavy atom. The van der Waals surface area contributed by atoms with Gasteiger partial charge in [0.25, 0.3) is 10.0 Å². The number of hydrogen-bond donors (Lipinski definition) is 1. The lowest BCUT2D eigenvalue weighted by atomic mass is 10.1. The summed E-state index contributed by atoms with van der Waals surface area (Å²) in [5.74, 6) is -0.0283. The van der Waals surface area contributed by atoms with Crippen molar-refractivity contribution >= 4 is 16.3 Å². The zero-order valence-electron chi connectivity index (χ0n) is 10.6. The summed E-state index contributed by atoms with van der Waals surface area (Å²) in [5.41, 5.74) is -0.609. The van der Waals surface area contributed by atoms with Crippen molar-refractivity contribution in [2.24, 2.45) is 0 Å². The van der Waals surface area contributed by atoms with E-state index in [1.165, 1.54) is 12.1 Å². The van der Waals surface area contributed by atoms with Crippen molar-refractivity contribution in [1.29, 1.82) is 0 Å². The molecule has 1 N–H and O–H groups in total. The molecule has 1 aromatic heterocycles. The molecule has 0 aromatic carbocycles. The molecule has 0 aliphatic rings. The number of furan rings is 1. The smallest absolute Gasteiger partial charge is 0.274 e. The molecule has 1 aromatic rings. The summed E-state index contributed by atoms with van der Waals surface area (Å²) in [4.78, 5) is 10.4. The number of hydrogen-bond acceptors (Lipinski definition) is 5. The van der Waals surface area contributed by atoms with E-state index in [9.17, 15) is 13.2 Å². The van der Waals surface area contributed by atoms with Crippen LogP contribution in [0.5, 0.6) is 0 Å². The monoisotopic (exact) mass is 275 g/mol. The quantitative estimate of drug-likeness (QED) is 0.755. The van der Waals surface area contributed by atoms with E-state index in [1.807, 2.05) is 6.92 Å². The van der Waals surface area contributed by atoms with Crippen LogP contribution in [-0.2, 0) is 14.8 Å². The van der Waals surface area contributed by atoms with Crippen molar-refractivity contribution < 1.29 is 22.4 Å². The Hall–Kier alpha value is -1.18. The molecule has 0 atom stereocenters. The standard InChI is InChI=1S/C11H17NO5S/c1-4-16-11(2,3)8-12-18(14,15)10-6-5-9(7-13)17-10/h5-7,12H,4,8H2,1-3H3. The van der Waals surface area contributed by atoms with E-state index in [4.69, 9.17) is 9.15 Å². The molecular weight excluding hydrogens is 258 g/mol. The van der Waals surface area contributed by atoms with E-state index in [1.54, 1.807) is 13.8 Å². The highest BCUT2D eigenvalue weighted by Crippen LogP contribution is 2.14. The third kappa shape index (κ3) is 3.94. The number of carbonyl (C=O) groups excluding carboxylic acids is 1. The van der Waals surface area contributed by atoms with Crippen LogP contribution in [0.1, 0.15) is 31.3 Å². The third-order valence-electron chi connectivity index (χ3n) is 2.21. The molecule has 0 bridgehead atoms. The minimum Gasteiger partial charge on any atom is -0.440 e. The number of rotatable bonds is 7. The molecule has 0 aliphatic heterocycles. The lowest BCUT2D eigenvalue weighted by molar-refractivity contribution is -0.00520.